The second-order valence-corrected chi connectivity index (χ2v) is 6.05. The molecule has 1 rings (SSSR count). The van der Waals surface area contributed by atoms with E-state index in [0.29, 0.717) is 18.7 Å². The van der Waals surface area contributed by atoms with Gasteiger partial charge in [-0.2, -0.15) is 0 Å². The van der Waals surface area contributed by atoms with E-state index < -0.39 is 24.0 Å². The molecular weight excluding hydrogens is 296 g/mol. The third-order valence-electron chi connectivity index (χ3n) is 3.12. The van der Waals surface area contributed by atoms with Crippen LogP contribution in [0, 0.1) is 0 Å². The van der Waals surface area contributed by atoms with Crippen molar-refractivity contribution in [1.29, 1.82) is 0 Å². The van der Waals surface area contributed by atoms with E-state index in [1.54, 1.807) is 13.8 Å². The summed E-state index contributed by atoms with van der Waals surface area (Å²) in [5.74, 6) is -1.14. The number of urea groups is 1. The monoisotopic (exact) mass is 318 g/mol. The lowest BCUT2D eigenvalue weighted by Crippen LogP contribution is -2.52. The van der Waals surface area contributed by atoms with Gasteiger partial charge in [-0.05, 0) is 20.3 Å². The van der Waals surface area contributed by atoms with Gasteiger partial charge in [0, 0.05) is 12.3 Å². The van der Waals surface area contributed by atoms with E-state index in [-0.39, 0.29) is 18.5 Å². The molecule has 0 aromatic carbocycles. The SMILES string of the molecule is CCCN(CC(=O)OCC)C(=O)N1C(C)SCC1C(=O)O. The first-order chi connectivity index (χ1) is 9.92. The van der Waals surface area contributed by atoms with Crippen LogP contribution in [0.1, 0.15) is 27.2 Å². The first-order valence-electron chi connectivity index (χ1n) is 6.99. The second kappa shape index (κ2) is 8.11. The molecular formula is C13H22N2O5S. The molecule has 1 fully saturated rings. The Balaban J connectivity index is 2.83. The maximum atomic E-state index is 12.6. The summed E-state index contributed by atoms with van der Waals surface area (Å²) in [6.45, 7) is 5.87. The first kappa shape index (κ1) is 17.6. The maximum absolute atomic E-state index is 12.6. The van der Waals surface area contributed by atoms with Gasteiger partial charge in [0.2, 0.25) is 0 Å². The third-order valence-corrected chi connectivity index (χ3v) is 4.34. The summed E-state index contributed by atoms with van der Waals surface area (Å²) >= 11 is 1.42. The molecule has 2 atom stereocenters. The van der Waals surface area contributed by atoms with Crippen molar-refractivity contribution in [3.05, 3.63) is 0 Å². The third kappa shape index (κ3) is 4.52. The molecule has 0 aliphatic carbocycles. The van der Waals surface area contributed by atoms with Crippen LogP contribution >= 0.6 is 11.8 Å². The van der Waals surface area contributed by atoms with Crippen LogP contribution < -0.4 is 0 Å². The van der Waals surface area contributed by atoms with Crippen LogP contribution in [0.15, 0.2) is 0 Å². The predicted octanol–water partition coefficient (Wildman–Crippen LogP) is 1.23. The van der Waals surface area contributed by atoms with E-state index in [2.05, 4.69) is 0 Å². The maximum Gasteiger partial charge on any atom is 0.327 e. The Morgan fingerprint density at radius 2 is 2.05 bits per heavy atom. The Bertz CT molecular complexity index is 404. The highest BCUT2D eigenvalue weighted by Crippen LogP contribution is 2.29. The summed E-state index contributed by atoms with van der Waals surface area (Å²) in [6, 6.07) is -1.27. The van der Waals surface area contributed by atoms with Crippen LogP contribution in [0.4, 0.5) is 4.79 Å². The average molecular weight is 318 g/mol. The fourth-order valence-electron chi connectivity index (χ4n) is 2.16. The van der Waals surface area contributed by atoms with Gasteiger partial charge < -0.3 is 14.7 Å². The van der Waals surface area contributed by atoms with Gasteiger partial charge in [0.25, 0.3) is 0 Å². The molecule has 0 spiro atoms. The van der Waals surface area contributed by atoms with Crippen molar-refractivity contribution >= 4 is 29.7 Å². The number of amides is 2. The number of nitrogens with zero attached hydrogens (tertiary/aromatic N) is 2. The second-order valence-electron chi connectivity index (χ2n) is 4.70. The Labute approximate surface area is 128 Å². The van der Waals surface area contributed by atoms with Crippen LogP contribution in [-0.2, 0) is 14.3 Å². The highest BCUT2D eigenvalue weighted by Gasteiger charge is 2.41. The molecule has 0 radical (unpaired) electrons. The minimum atomic E-state index is -1.02. The number of carbonyl (C=O) groups excluding carboxylic acids is 2. The van der Waals surface area contributed by atoms with E-state index in [0.717, 1.165) is 0 Å². The van der Waals surface area contributed by atoms with E-state index >= 15 is 0 Å². The quantitative estimate of drug-likeness (QED) is 0.741. The van der Waals surface area contributed by atoms with Crippen molar-refractivity contribution in [3.63, 3.8) is 0 Å². The minimum absolute atomic E-state index is 0.152. The first-order valence-corrected chi connectivity index (χ1v) is 8.04. The van der Waals surface area contributed by atoms with Gasteiger partial charge in [0.1, 0.15) is 12.6 Å². The van der Waals surface area contributed by atoms with Crippen molar-refractivity contribution in [1.82, 2.24) is 9.80 Å². The highest BCUT2D eigenvalue weighted by atomic mass is 32.2. The molecule has 0 saturated carbocycles. The van der Waals surface area contributed by atoms with Crippen LogP contribution in [0.3, 0.4) is 0 Å². The molecule has 21 heavy (non-hydrogen) atoms. The van der Waals surface area contributed by atoms with Gasteiger partial charge in [0.05, 0.1) is 12.0 Å². The Morgan fingerprint density at radius 1 is 1.38 bits per heavy atom. The number of rotatable bonds is 6. The number of carbonyl (C=O) groups is 3. The molecule has 8 heteroatoms. The summed E-state index contributed by atoms with van der Waals surface area (Å²) in [6.07, 6.45) is 0.679. The molecule has 0 aromatic rings. The number of carboxylic acid groups (broad SMARTS) is 1. The Hall–Kier alpha value is -1.44. The van der Waals surface area contributed by atoms with Gasteiger partial charge in [-0.1, -0.05) is 6.92 Å². The van der Waals surface area contributed by atoms with Crippen molar-refractivity contribution < 1.29 is 24.2 Å². The summed E-state index contributed by atoms with van der Waals surface area (Å²) in [5, 5.41) is 8.99. The lowest BCUT2D eigenvalue weighted by Gasteiger charge is -2.31. The molecule has 1 saturated heterocycles. The van der Waals surface area contributed by atoms with Gasteiger partial charge in [-0.15, -0.1) is 11.8 Å². The number of aliphatic carboxylic acids is 1. The van der Waals surface area contributed by atoms with Crippen LogP contribution in [0.2, 0.25) is 0 Å². The standard InChI is InChI=1S/C13H22N2O5S/c1-4-6-14(7-11(16)20-5-2)13(19)15-9(3)21-8-10(15)12(17)18/h9-10H,4-8H2,1-3H3,(H,17,18). The summed E-state index contributed by atoms with van der Waals surface area (Å²) in [5.41, 5.74) is 0. The van der Waals surface area contributed by atoms with E-state index in [1.807, 2.05) is 6.92 Å². The van der Waals surface area contributed by atoms with Crippen LogP contribution in [0.25, 0.3) is 0 Å². The number of thioether (sulfide) groups is 1. The summed E-state index contributed by atoms with van der Waals surface area (Å²) < 4.78 is 4.86. The number of hydrogen-bond donors (Lipinski definition) is 1. The van der Waals surface area contributed by atoms with Gasteiger partial charge in [-0.3, -0.25) is 9.69 Å². The molecule has 1 aliphatic heterocycles. The van der Waals surface area contributed by atoms with Crippen molar-refractivity contribution in [3.8, 4) is 0 Å². The molecule has 2 unspecified atom stereocenters. The lowest BCUT2D eigenvalue weighted by molar-refractivity contribution is -0.143. The lowest BCUT2D eigenvalue weighted by atomic mass is 10.3. The van der Waals surface area contributed by atoms with Crippen molar-refractivity contribution in [2.75, 3.05) is 25.4 Å². The van der Waals surface area contributed by atoms with E-state index in [4.69, 9.17) is 4.74 Å². The molecule has 1 aliphatic rings. The molecule has 0 aromatic heterocycles. The Kier molecular flexibility index (Phi) is 6.80. The number of esters is 1. The summed E-state index contributed by atoms with van der Waals surface area (Å²) in [7, 11) is 0. The zero-order valence-electron chi connectivity index (χ0n) is 12.6. The Morgan fingerprint density at radius 3 is 2.57 bits per heavy atom. The number of carboxylic acids is 1. The molecule has 2 amide bonds. The smallest absolute Gasteiger partial charge is 0.327 e. The zero-order valence-corrected chi connectivity index (χ0v) is 13.4. The van der Waals surface area contributed by atoms with Gasteiger partial charge >= 0.3 is 18.0 Å². The number of ether oxygens (including phenoxy) is 1. The molecule has 1 N–H and O–H groups in total. The van der Waals surface area contributed by atoms with Crippen LogP contribution in [0.5, 0.6) is 0 Å². The predicted molar refractivity (Wildman–Crippen MR) is 79.1 cm³/mol. The average Bonchev–Trinajstić information content (AvgIpc) is 2.79. The highest BCUT2D eigenvalue weighted by molar-refractivity contribution is 8.00. The zero-order chi connectivity index (χ0) is 16.0. The summed E-state index contributed by atoms with van der Waals surface area (Å²) in [4.78, 5) is 38.1. The van der Waals surface area contributed by atoms with Crippen molar-refractivity contribution in [2.45, 2.75) is 38.6 Å². The van der Waals surface area contributed by atoms with Crippen molar-refractivity contribution in [2.24, 2.45) is 0 Å². The fourth-order valence-corrected chi connectivity index (χ4v) is 3.32. The van der Waals surface area contributed by atoms with E-state index in [9.17, 15) is 19.5 Å². The van der Waals surface area contributed by atoms with Crippen LogP contribution in [-0.4, -0.2) is 69.7 Å². The molecule has 120 valence electrons. The normalized spacial score (nSPS) is 21.2. The van der Waals surface area contributed by atoms with Gasteiger partial charge in [-0.25, -0.2) is 9.59 Å². The van der Waals surface area contributed by atoms with E-state index in [1.165, 1.54) is 21.6 Å². The molecule has 7 nitrogen and oxygen atoms in total. The molecule has 1 heterocycles. The largest absolute Gasteiger partial charge is 0.480 e. The number of hydrogen-bond acceptors (Lipinski definition) is 5. The minimum Gasteiger partial charge on any atom is -0.480 e. The molecule has 0 bridgehead atoms. The van der Waals surface area contributed by atoms with Gasteiger partial charge in [0.15, 0.2) is 0 Å². The topological polar surface area (TPSA) is 87.2 Å². The fraction of sp³-hybridized carbons (Fsp3) is 0.769.